The fourth-order valence-corrected chi connectivity index (χ4v) is 2.23. The van der Waals surface area contributed by atoms with Crippen molar-refractivity contribution in [3.63, 3.8) is 0 Å². The van der Waals surface area contributed by atoms with Crippen LogP contribution in [0.1, 0.15) is 37.8 Å². The topological polar surface area (TPSA) is 93.2 Å². The molecule has 0 aromatic carbocycles. The Balaban J connectivity index is 0. The highest BCUT2D eigenvalue weighted by molar-refractivity contribution is 5.93. The molecule has 0 saturated carbocycles. The number of nitrogens with one attached hydrogen (secondary N) is 2. The van der Waals surface area contributed by atoms with E-state index < -0.39 is 12.8 Å². The maximum atomic E-state index is 12.2. The number of pyridine rings is 2. The van der Waals surface area contributed by atoms with Gasteiger partial charge in [-0.05, 0) is 37.1 Å². The SMILES string of the molecule is C=O.CCCNc1cc(CNC(=O)c2ccc(OCC(F)(F)F)nc2)cc(C)n1.[HH].[HH]. The summed E-state index contributed by atoms with van der Waals surface area (Å²) >= 11 is 0. The van der Waals surface area contributed by atoms with Gasteiger partial charge in [0.25, 0.3) is 5.91 Å². The average Bonchev–Trinajstić information content (AvgIpc) is 2.70. The zero-order chi connectivity index (χ0) is 21.9. The maximum absolute atomic E-state index is 12.2. The first kappa shape index (κ1) is 23.9. The van der Waals surface area contributed by atoms with E-state index in [1.165, 1.54) is 18.3 Å². The summed E-state index contributed by atoms with van der Waals surface area (Å²) in [6.07, 6.45) is -2.30. The highest BCUT2D eigenvalue weighted by Crippen LogP contribution is 2.17. The lowest BCUT2D eigenvalue weighted by Crippen LogP contribution is -2.23. The summed E-state index contributed by atoms with van der Waals surface area (Å²) in [7, 11) is 0. The van der Waals surface area contributed by atoms with Crippen molar-refractivity contribution in [1.29, 1.82) is 0 Å². The number of ether oxygens (including phenoxy) is 1. The Kier molecular flexibility index (Phi) is 9.57. The average molecular weight is 416 g/mol. The van der Waals surface area contributed by atoms with E-state index in [4.69, 9.17) is 4.79 Å². The number of anilines is 1. The minimum absolute atomic E-state index is 0. The molecule has 2 aromatic heterocycles. The number of aryl methyl sites for hydroxylation is 1. The van der Waals surface area contributed by atoms with E-state index >= 15 is 0 Å². The van der Waals surface area contributed by atoms with Crippen molar-refractivity contribution in [3.05, 3.63) is 47.3 Å². The molecule has 7 nitrogen and oxygen atoms in total. The van der Waals surface area contributed by atoms with Crippen molar-refractivity contribution in [1.82, 2.24) is 15.3 Å². The molecule has 0 aliphatic carbocycles. The molecule has 0 fully saturated rings. The molecule has 0 unspecified atom stereocenters. The predicted octanol–water partition coefficient (Wildman–Crippen LogP) is 3.79. The summed E-state index contributed by atoms with van der Waals surface area (Å²) in [5, 5.41) is 5.94. The number of aromatic nitrogens is 2. The van der Waals surface area contributed by atoms with E-state index in [1.54, 1.807) is 0 Å². The van der Waals surface area contributed by atoms with E-state index in [1.807, 2.05) is 25.8 Å². The molecule has 162 valence electrons. The molecule has 2 N–H and O–H groups in total. The third-order valence-corrected chi connectivity index (χ3v) is 3.40. The second-order valence-electron chi connectivity index (χ2n) is 5.90. The van der Waals surface area contributed by atoms with Gasteiger partial charge in [0.1, 0.15) is 12.6 Å². The van der Waals surface area contributed by atoms with Gasteiger partial charge in [-0.25, -0.2) is 9.97 Å². The Bertz CT molecular complexity index is 794. The highest BCUT2D eigenvalue weighted by atomic mass is 19.4. The number of rotatable bonds is 8. The van der Waals surface area contributed by atoms with Gasteiger partial charge >= 0.3 is 6.18 Å². The second-order valence-corrected chi connectivity index (χ2v) is 5.90. The lowest BCUT2D eigenvalue weighted by molar-refractivity contribution is -0.154. The molecule has 0 saturated heterocycles. The van der Waals surface area contributed by atoms with E-state index in [0.717, 1.165) is 30.0 Å². The van der Waals surface area contributed by atoms with E-state index in [0.29, 0.717) is 0 Å². The van der Waals surface area contributed by atoms with E-state index in [2.05, 4.69) is 32.3 Å². The van der Waals surface area contributed by atoms with Crippen LogP contribution < -0.4 is 15.4 Å². The van der Waals surface area contributed by atoms with Crippen LogP contribution in [0.3, 0.4) is 0 Å². The Labute approximate surface area is 169 Å². The lowest BCUT2D eigenvalue weighted by atomic mass is 10.2. The molecule has 2 heterocycles. The van der Waals surface area contributed by atoms with Crippen molar-refractivity contribution in [2.24, 2.45) is 0 Å². The van der Waals surface area contributed by atoms with Crippen LogP contribution in [-0.4, -0.2) is 42.0 Å². The van der Waals surface area contributed by atoms with Crippen LogP contribution in [0.15, 0.2) is 30.5 Å². The Morgan fingerprint density at radius 1 is 1.28 bits per heavy atom. The summed E-state index contributed by atoms with van der Waals surface area (Å²) in [6, 6.07) is 6.31. The summed E-state index contributed by atoms with van der Waals surface area (Å²) < 4.78 is 40.8. The molecule has 0 aliphatic heterocycles. The van der Waals surface area contributed by atoms with Crippen LogP contribution in [0, 0.1) is 6.92 Å². The fourth-order valence-electron chi connectivity index (χ4n) is 2.23. The van der Waals surface area contributed by atoms with Crippen LogP contribution >= 0.6 is 0 Å². The van der Waals surface area contributed by atoms with Crippen molar-refractivity contribution in [3.8, 4) is 5.88 Å². The zero-order valence-electron chi connectivity index (χ0n) is 16.2. The number of amides is 1. The molecular weight excluding hydrogens is 389 g/mol. The van der Waals surface area contributed by atoms with E-state index in [9.17, 15) is 18.0 Å². The van der Waals surface area contributed by atoms with Gasteiger partial charge in [0.2, 0.25) is 5.88 Å². The first-order valence-corrected chi connectivity index (χ1v) is 8.71. The van der Waals surface area contributed by atoms with Crippen LogP contribution in [-0.2, 0) is 11.3 Å². The molecule has 2 aromatic rings. The van der Waals surface area contributed by atoms with Crippen LogP contribution in [0.5, 0.6) is 5.88 Å². The monoisotopic (exact) mass is 416 g/mol. The Morgan fingerprint density at radius 2 is 2.00 bits per heavy atom. The first-order valence-electron chi connectivity index (χ1n) is 8.71. The molecule has 0 atom stereocenters. The summed E-state index contributed by atoms with van der Waals surface area (Å²) in [6.45, 7) is 5.58. The van der Waals surface area contributed by atoms with Gasteiger partial charge in [-0.15, -0.1) is 0 Å². The number of hydrogen-bond donors (Lipinski definition) is 2. The first-order chi connectivity index (χ1) is 13.8. The molecule has 29 heavy (non-hydrogen) atoms. The molecule has 2 rings (SSSR count). The summed E-state index contributed by atoms with van der Waals surface area (Å²) in [4.78, 5) is 28.3. The molecule has 10 heteroatoms. The lowest BCUT2D eigenvalue weighted by Gasteiger charge is -2.10. The molecule has 1 amide bonds. The molecule has 0 spiro atoms. The van der Waals surface area contributed by atoms with Crippen LogP contribution in [0.25, 0.3) is 0 Å². The number of nitrogens with zero attached hydrogens (tertiary/aromatic N) is 2. The maximum Gasteiger partial charge on any atom is 0.422 e. The summed E-state index contributed by atoms with van der Waals surface area (Å²) in [5.41, 5.74) is 1.94. The smallest absolute Gasteiger partial charge is 0.422 e. The van der Waals surface area contributed by atoms with Crippen molar-refractivity contribution >= 4 is 18.5 Å². The van der Waals surface area contributed by atoms with Crippen molar-refractivity contribution < 1.29 is 30.4 Å². The second kappa shape index (κ2) is 11.6. The quantitative estimate of drug-likeness (QED) is 0.680. The molecule has 0 aliphatic rings. The number of halogens is 3. The van der Waals surface area contributed by atoms with E-state index in [-0.39, 0.29) is 26.7 Å². The number of hydrogen-bond acceptors (Lipinski definition) is 6. The molecule has 0 radical (unpaired) electrons. The van der Waals surface area contributed by atoms with Crippen molar-refractivity contribution in [2.45, 2.75) is 33.0 Å². The number of alkyl halides is 3. The molecular formula is C19H27F3N4O3. The highest BCUT2D eigenvalue weighted by Gasteiger charge is 2.28. The Hall–Kier alpha value is -3.17. The summed E-state index contributed by atoms with van der Waals surface area (Å²) in [5.74, 6) is 0.164. The van der Waals surface area contributed by atoms with Crippen molar-refractivity contribution in [2.75, 3.05) is 18.5 Å². The third-order valence-electron chi connectivity index (χ3n) is 3.40. The minimum atomic E-state index is -4.44. The number of carbonyl (C=O) groups excluding carboxylic acids is 2. The van der Waals surface area contributed by atoms with Gasteiger partial charge in [-0.1, -0.05) is 6.92 Å². The fraction of sp³-hybridized carbons (Fsp3) is 0.368. The molecule has 0 bridgehead atoms. The van der Waals surface area contributed by atoms with Crippen LogP contribution in [0.2, 0.25) is 0 Å². The standard InChI is InChI=1S/C18H21F3N4O2.CH2O.2H2/c1-3-6-22-15-8-13(7-12(2)25-15)9-24-17(26)14-4-5-16(23-10-14)27-11-18(19,20)21;1-2;;/h4-5,7-8,10H,3,6,9,11H2,1-2H3,(H,22,25)(H,24,26);1H2;2*1H. The minimum Gasteiger partial charge on any atom is -0.468 e. The van der Waals surface area contributed by atoms with Crippen LogP contribution in [0.4, 0.5) is 19.0 Å². The predicted molar refractivity (Wildman–Crippen MR) is 106 cm³/mol. The van der Waals surface area contributed by atoms with Gasteiger partial charge in [0.15, 0.2) is 6.61 Å². The zero-order valence-corrected chi connectivity index (χ0v) is 16.2. The number of carbonyl (C=O) groups is 2. The van der Waals surface area contributed by atoms with Gasteiger partial charge in [0, 0.05) is 33.9 Å². The third kappa shape index (κ3) is 9.04. The van der Waals surface area contributed by atoms with Gasteiger partial charge < -0.3 is 20.2 Å². The van der Waals surface area contributed by atoms with Gasteiger partial charge in [-0.2, -0.15) is 13.2 Å². The van der Waals surface area contributed by atoms with Gasteiger partial charge in [0.05, 0.1) is 5.56 Å². The largest absolute Gasteiger partial charge is 0.468 e. The normalized spacial score (nSPS) is 10.5. The van der Waals surface area contributed by atoms with Gasteiger partial charge in [-0.3, -0.25) is 4.79 Å². The Morgan fingerprint density at radius 3 is 2.59 bits per heavy atom.